The van der Waals surface area contributed by atoms with Gasteiger partial charge in [-0.05, 0) is 63.6 Å². The summed E-state index contributed by atoms with van der Waals surface area (Å²) in [6.45, 7) is 1.92. The van der Waals surface area contributed by atoms with E-state index in [-0.39, 0.29) is 6.61 Å². The summed E-state index contributed by atoms with van der Waals surface area (Å²) in [5.41, 5.74) is 8.85. The molecule has 4 aromatic carbocycles. The van der Waals surface area contributed by atoms with Crippen LogP contribution in [0.25, 0.3) is 22.3 Å². The molecule has 4 heteroatoms. The molecule has 1 spiro atoms. The van der Waals surface area contributed by atoms with Gasteiger partial charge in [-0.15, -0.1) is 0 Å². The second-order valence-corrected chi connectivity index (χ2v) is 9.87. The molecule has 0 saturated heterocycles. The van der Waals surface area contributed by atoms with E-state index >= 15 is 0 Å². The summed E-state index contributed by atoms with van der Waals surface area (Å²) in [6, 6.07) is 31.1. The van der Waals surface area contributed by atoms with Crippen LogP contribution >= 0.6 is 7.60 Å². The topological polar surface area (TPSA) is 46.5 Å². The summed E-state index contributed by atoms with van der Waals surface area (Å²) in [6.07, 6.45) is 0. The molecule has 3 nitrogen and oxygen atoms in total. The van der Waals surface area contributed by atoms with Gasteiger partial charge in [-0.3, -0.25) is 4.57 Å². The van der Waals surface area contributed by atoms with Crippen LogP contribution in [0.1, 0.15) is 29.2 Å². The van der Waals surface area contributed by atoms with Crippen molar-refractivity contribution in [2.45, 2.75) is 12.3 Å². The molecule has 0 radical (unpaired) electrons. The van der Waals surface area contributed by atoms with E-state index in [4.69, 9.17) is 4.52 Å². The first kappa shape index (κ1) is 18.8. The summed E-state index contributed by atoms with van der Waals surface area (Å²) < 4.78 is 18.2. The van der Waals surface area contributed by atoms with E-state index in [0.717, 1.165) is 11.1 Å². The summed E-state index contributed by atoms with van der Waals surface area (Å²) >= 11 is 0. The van der Waals surface area contributed by atoms with Crippen LogP contribution in [0.3, 0.4) is 0 Å². The fraction of sp³-hybridized carbons (Fsp3) is 0.111. The van der Waals surface area contributed by atoms with E-state index < -0.39 is 13.0 Å². The van der Waals surface area contributed by atoms with Crippen LogP contribution in [-0.4, -0.2) is 11.5 Å². The molecule has 152 valence electrons. The van der Waals surface area contributed by atoms with E-state index in [1.807, 2.05) is 12.1 Å². The van der Waals surface area contributed by atoms with Gasteiger partial charge in [0.15, 0.2) is 0 Å². The zero-order chi connectivity index (χ0) is 21.2. The Morgan fingerprint density at radius 3 is 1.65 bits per heavy atom. The molecule has 0 amide bonds. The lowest BCUT2D eigenvalue weighted by Crippen LogP contribution is -2.27. The van der Waals surface area contributed by atoms with Crippen LogP contribution in [0.2, 0.25) is 0 Å². The highest BCUT2D eigenvalue weighted by atomic mass is 31.2. The number of hydrogen-bond acceptors (Lipinski definition) is 2. The maximum absolute atomic E-state index is 12.9. The van der Waals surface area contributed by atoms with E-state index in [0.29, 0.717) is 5.30 Å². The van der Waals surface area contributed by atoms with Crippen LogP contribution in [0.15, 0.2) is 91.0 Å². The Morgan fingerprint density at radius 1 is 0.710 bits per heavy atom. The van der Waals surface area contributed by atoms with Crippen molar-refractivity contribution in [2.75, 3.05) is 6.61 Å². The molecule has 0 saturated carbocycles. The quantitative estimate of drug-likeness (QED) is 0.361. The molecule has 1 N–H and O–H groups in total. The smallest absolute Gasteiger partial charge is 0.321 e. The van der Waals surface area contributed by atoms with Crippen molar-refractivity contribution in [2.24, 2.45) is 0 Å². The first-order valence-electron chi connectivity index (χ1n) is 10.5. The number of fused-ring (bicyclic) bond motifs is 10. The lowest BCUT2D eigenvalue weighted by Gasteiger charge is -2.30. The minimum absolute atomic E-state index is 0.182. The van der Waals surface area contributed by atoms with Gasteiger partial charge < -0.3 is 9.42 Å². The Bertz CT molecular complexity index is 1340. The largest absolute Gasteiger partial charge is 0.358 e. The first-order chi connectivity index (χ1) is 15.1. The Hall–Kier alpha value is -2.97. The van der Waals surface area contributed by atoms with Crippen molar-refractivity contribution in [3.63, 3.8) is 0 Å². The van der Waals surface area contributed by atoms with Crippen LogP contribution < -0.4 is 5.30 Å². The number of rotatable bonds is 3. The molecule has 2 aliphatic carbocycles. The highest BCUT2D eigenvalue weighted by Crippen LogP contribution is 2.62. The molecule has 1 unspecified atom stereocenters. The van der Waals surface area contributed by atoms with Gasteiger partial charge in [0.25, 0.3) is 0 Å². The van der Waals surface area contributed by atoms with Gasteiger partial charge in [0.05, 0.1) is 17.3 Å². The van der Waals surface area contributed by atoms with E-state index in [9.17, 15) is 9.46 Å². The second-order valence-electron chi connectivity index (χ2n) is 8.05. The Labute approximate surface area is 181 Å². The molecular weight excluding hydrogens is 403 g/mol. The van der Waals surface area contributed by atoms with E-state index in [2.05, 4.69) is 72.8 Å². The molecule has 0 fully saturated rings. The molecule has 2 aliphatic rings. The monoisotopic (exact) mass is 424 g/mol. The molecule has 1 atom stereocenters. The summed E-state index contributed by atoms with van der Waals surface area (Å²) in [7, 11) is -3.90. The Kier molecular flexibility index (Phi) is 3.94. The van der Waals surface area contributed by atoms with Gasteiger partial charge in [-0.2, -0.15) is 0 Å². The van der Waals surface area contributed by atoms with E-state index in [1.165, 1.54) is 33.4 Å². The van der Waals surface area contributed by atoms with Crippen LogP contribution in [0, 0.1) is 0 Å². The minimum atomic E-state index is -3.90. The average Bonchev–Trinajstić information content (AvgIpc) is 3.26. The van der Waals surface area contributed by atoms with Crippen molar-refractivity contribution < 1.29 is 14.0 Å². The zero-order valence-corrected chi connectivity index (χ0v) is 18.0. The minimum Gasteiger partial charge on any atom is -0.321 e. The third kappa shape index (κ3) is 2.34. The summed E-state index contributed by atoms with van der Waals surface area (Å²) in [5, 5.41) is 0.335. The highest BCUT2D eigenvalue weighted by molar-refractivity contribution is 7.61. The molecule has 0 aromatic heterocycles. The van der Waals surface area contributed by atoms with Gasteiger partial charge in [-0.25, -0.2) is 0 Å². The van der Waals surface area contributed by atoms with Gasteiger partial charge in [0.1, 0.15) is 0 Å². The zero-order valence-electron chi connectivity index (χ0n) is 17.1. The third-order valence-corrected chi connectivity index (χ3v) is 8.15. The van der Waals surface area contributed by atoms with Crippen LogP contribution in [-0.2, 0) is 14.5 Å². The molecule has 6 rings (SSSR count). The van der Waals surface area contributed by atoms with Gasteiger partial charge in [-0.1, -0.05) is 78.9 Å². The highest BCUT2D eigenvalue weighted by Gasteiger charge is 2.51. The number of benzene rings is 4. The van der Waals surface area contributed by atoms with Crippen molar-refractivity contribution in [1.82, 2.24) is 0 Å². The average molecular weight is 424 g/mol. The van der Waals surface area contributed by atoms with Gasteiger partial charge in [0, 0.05) is 0 Å². The second kappa shape index (κ2) is 6.51. The maximum Gasteiger partial charge on any atom is 0.358 e. The standard InChI is InChI=1S/C27H21O3P/c1-2-30-31(28,29)18-15-16-22-21-11-5-8-14-25(21)27(26(22)17-18)23-12-6-3-9-19(23)20-10-4-7-13-24(20)27/h3-17H,2H2,1H3,(H,28,29). The molecule has 31 heavy (non-hydrogen) atoms. The lowest BCUT2D eigenvalue weighted by atomic mass is 9.70. The Balaban J connectivity index is 1.76. The van der Waals surface area contributed by atoms with Crippen molar-refractivity contribution in [3.8, 4) is 22.3 Å². The summed E-state index contributed by atoms with van der Waals surface area (Å²) in [5.74, 6) is 0. The van der Waals surface area contributed by atoms with Gasteiger partial charge >= 0.3 is 7.60 Å². The fourth-order valence-corrected chi connectivity index (χ4v) is 6.56. The number of hydrogen-bond donors (Lipinski definition) is 1. The maximum atomic E-state index is 12.9. The third-order valence-electron chi connectivity index (χ3n) is 6.61. The van der Waals surface area contributed by atoms with Gasteiger partial charge in [0.2, 0.25) is 0 Å². The predicted molar refractivity (Wildman–Crippen MR) is 124 cm³/mol. The van der Waals surface area contributed by atoms with Crippen molar-refractivity contribution in [1.29, 1.82) is 0 Å². The predicted octanol–water partition coefficient (Wildman–Crippen LogP) is 5.88. The van der Waals surface area contributed by atoms with E-state index in [1.54, 1.807) is 13.0 Å². The fourth-order valence-electron chi connectivity index (χ4n) is 5.51. The lowest BCUT2D eigenvalue weighted by molar-refractivity contribution is 0.284. The van der Waals surface area contributed by atoms with Crippen LogP contribution in [0.4, 0.5) is 0 Å². The molecule has 0 bridgehead atoms. The SMILES string of the molecule is CCOP(=O)(O)c1ccc2c(c1)C1(c3ccccc3-c3ccccc31)c1ccccc1-2. The van der Waals surface area contributed by atoms with Crippen LogP contribution in [0.5, 0.6) is 0 Å². The molecular formula is C27H21O3P. The Morgan fingerprint density at radius 2 is 1.16 bits per heavy atom. The molecule has 4 aromatic rings. The molecule has 0 heterocycles. The first-order valence-corrected chi connectivity index (χ1v) is 12.1. The van der Waals surface area contributed by atoms with Crippen molar-refractivity contribution >= 4 is 12.9 Å². The summed E-state index contributed by atoms with van der Waals surface area (Å²) in [4.78, 5) is 10.6. The molecule has 0 aliphatic heterocycles. The van der Waals surface area contributed by atoms with Crippen molar-refractivity contribution in [3.05, 3.63) is 113 Å². The normalized spacial score (nSPS) is 16.3.